The SMILES string of the molecule is CCCC(C)C(CC[C@@H](O)[C@@H](CC(=O)c1cc(C)cc(C(=O)N(C)Cc2nc(C)cs2)c1)Cc1ccccc1)C(=O)NCC(C)C. The molecule has 0 aliphatic rings. The number of rotatable bonds is 18. The molecule has 0 aliphatic heterocycles. The highest BCUT2D eigenvalue weighted by Crippen LogP contribution is 2.28. The van der Waals surface area contributed by atoms with Gasteiger partial charge in [0.2, 0.25) is 5.91 Å². The second-order valence-electron chi connectivity index (χ2n) is 13.4. The van der Waals surface area contributed by atoms with Crippen LogP contribution in [0.1, 0.15) is 102 Å². The lowest BCUT2D eigenvalue weighted by molar-refractivity contribution is -0.127. The number of carbonyl (C=O) groups is 3. The summed E-state index contributed by atoms with van der Waals surface area (Å²) in [7, 11) is 1.74. The summed E-state index contributed by atoms with van der Waals surface area (Å²) in [6.07, 6.45) is 2.82. The van der Waals surface area contributed by atoms with Gasteiger partial charge in [-0.05, 0) is 80.2 Å². The van der Waals surface area contributed by atoms with E-state index in [9.17, 15) is 19.5 Å². The molecular formula is C38H53N3O4S. The molecule has 3 rings (SSSR count). The van der Waals surface area contributed by atoms with E-state index in [2.05, 4.69) is 38.0 Å². The minimum atomic E-state index is -0.767. The van der Waals surface area contributed by atoms with Crippen LogP contribution in [0.25, 0.3) is 0 Å². The highest BCUT2D eigenvalue weighted by atomic mass is 32.1. The van der Waals surface area contributed by atoms with E-state index in [0.29, 0.717) is 49.4 Å². The Balaban J connectivity index is 1.78. The van der Waals surface area contributed by atoms with Crippen molar-refractivity contribution in [1.82, 2.24) is 15.2 Å². The molecule has 0 radical (unpaired) electrons. The summed E-state index contributed by atoms with van der Waals surface area (Å²) in [6.45, 7) is 13.2. The zero-order valence-corrected chi connectivity index (χ0v) is 29.5. The average molecular weight is 648 g/mol. The minimum absolute atomic E-state index is 0.0458. The maximum absolute atomic E-state index is 13.8. The van der Waals surface area contributed by atoms with Gasteiger partial charge in [-0.25, -0.2) is 4.98 Å². The molecule has 250 valence electrons. The molecule has 0 bridgehead atoms. The lowest BCUT2D eigenvalue weighted by Gasteiger charge is -2.27. The van der Waals surface area contributed by atoms with Crippen molar-refractivity contribution >= 4 is 28.9 Å². The minimum Gasteiger partial charge on any atom is -0.393 e. The van der Waals surface area contributed by atoms with E-state index in [1.807, 2.05) is 55.6 Å². The standard InChI is InChI=1S/C38H53N3O4S/c1-8-12-27(5)33(37(44)39-22-25(2)3)15-16-34(42)31(19-29-13-10-9-11-14-29)21-35(43)30-17-26(4)18-32(20-30)38(45)41(7)23-36-40-28(6)24-46-36/h9-11,13-14,17-18,20,24-25,27,31,33-34,42H,8,12,15-16,19,21-23H2,1-7H3,(H,39,44)/t27?,31-,33?,34-/m1/s1. The summed E-state index contributed by atoms with van der Waals surface area (Å²) >= 11 is 1.52. The van der Waals surface area contributed by atoms with Crippen LogP contribution in [0.3, 0.4) is 0 Å². The van der Waals surface area contributed by atoms with Gasteiger partial charge >= 0.3 is 0 Å². The summed E-state index contributed by atoms with van der Waals surface area (Å²) < 4.78 is 0. The number of aliphatic hydroxyl groups excluding tert-OH is 1. The molecule has 0 fully saturated rings. The monoisotopic (exact) mass is 647 g/mol. The molecule has 4 atom stereocenters. The van der Waals surface area contributed by atoms with Crippen LogP contribution in [-0.4, -0.2) is 52.3 Å². The third-order valence-corrected chi connectivity index (χ3v) is 9.54. The second kappa shape index (κ2) is 18.1. The van der Waals surface area contributed by atoms with Gasteiger partial charge in [0.05, 0.1) is 12.6 Å². The fraction of sp³-hybridized carbons (Fsp3) is 0.526. The number of benzene rings is 2. The van der Waals surface area contributed by atoms with Gasteiger partial charge in [0, 0.05) is 48.1 Å². The molecule has 2 N–H and O–H groups in total. The third-order valence-electron chi connectivity index (χ3n) is 8.59. The molecule has 0 aliphatic carbocycles. The Kier molecular flexibility index (Phi) is 14.6. The second-order valence-corrected chi connectivity index (χ2v) is 14.3. The number of aliphatic hydroxyl groups is 1. The highest BCUT2D eigenvalue weighted by Gasteiger charge is 2.29. The highest BCUT2D eigenvalue weighted by molar-refractivity contribution is 7.09. The molecule has 2 unspecified atom stereocenters. The Morgan fingerprint density at radius 3 is 2.30 bits per heavy atom. The van der Waals surface area contributed by atoms with Gasteiger partial charge in [-0.15, -0.1) is 11.3 Å². The van der Waals surface area contributed by atoms with E-state index >= 15 is 0 Å². The first-order valence-corrected chi connectivity index (χ1v) is 17.6. The van der Waals surface area contributed by atoms with Gasteiger partial charge in [0.25, 0.3) is 5.91 Å². The largest absolute Gasteiger partial charge is 0.393 e. The first kappa shape index (κ1) is 37.1. The van der Waals surface area contributed by atoms with Crippen molar-refractivity contribution in [1.29, 1.82) is 0 Å². The number of ketones is 1. The number of thiazole rings is 1. The topological polar surface area (TPSA) is 99.6 Å². The fourth-order valence-corrected chi connectivity index (χ4v) is 6.83. The van der Waals surface area contributed by atoms with E-state index in [0.717, 1.165) is 34.7 Å². The molecular weight excluding hydrogens is 595 g/mol. The maximum atomic E-state index is 13.8. The summed E-state index contributed by atoms with van der Waals surface area (Å²) in [6, 6.07) is 15.2. The number of nitrogens with zero attached hydrogens (tertiary/aromatic N) is 2. The quantitative estimate of drug-likeness (QED) is 0.140. The number of Topliss-reactive ketones (excluding diaryl/α,β-unsaturated/α-hetero) is 1. The molecule has 0 saturated carbocycles. The Morgan fingerprint density at radius 1 is 0.978 bits per heavy atom. The zero-order chi connectivity index (χ0) is 33.8. The van der Waals surface area contributed by atoms with Gasteiger partial charge in [0.1, 0.15) is 5.01 Å². The first-order valence-electron chi connectivity index (χ1n) is 16.7. The first-order chi connectivity index (χ1) is 21.9. The van der Waals surface area contributed by atoms with E-state index in [4.69, 9.17) is 0 Å². The van der Waals surface area contributed by atoms with Crippen LogP contribution in [0.2, 0.25) is 0 Å². The number of carbonyl (C=O) groups excluding carboxylic acids is 3. The lowest BCUT2D eigenvalue weighted by atomic mass is 9.81. The van der Waals surface area contributed by atoms with Crippen molar-refractivity contribution in [2.24, 2.45) is 23.7 Å². The van der Waals surface area contributed by atoms with Crippen LogP contribution < -0.4 is 5.32 Å². The van der Waals surface area contributed by atoms with Crippen LogP contribution in [0.15, 0.2) is 53.9 Å². The summed E-state index contributed by atoms with van der Waals surface area (Å²) in [5.41, 5.74) is 3.73. The molecule has 0 saturated heterocycles. The number of aromatic nitrogens is 1. The molecule has 0 spiro atoms. The number of hydrogen-bond donors (Lipinski definition) is 2. The third kappa shape index (κ3) is 11.5. The Bertz CT molecular complexity index is 1420. The van der Waals surface area contributed by atoms with Crippen LogP contribution in [-0.2, 0) is 17.8 Å². The van der Waals surface area contributed by atoms with Gasteiger partial charge < -0.3 is 15.3 Å². The number of aryl methyl sites for hydroxylation is 2. The average Bonchev–Trinajstić information content (AvgIpc) is 3.43. The molecule has 7 nitrogen and oxygen atoms in total. The van der Waals surface area contributed by atoms with Crippen molar-refractivity contribution in [2.75, 3.05) is 13.6 Å². The van der Waals surface area contributed by atoms with E-state index in [1.165, 1.54) is 11.3 Å². The van der Waals surface area contributed by atoms with Gasteiger partial charge in [0.15, 0.2) is 5.78 Å². The molecule has 2 amide bonds. The van der Waals surface area contributed by atoms with Crippen molar-refractivity contribution in [2.45, 2.75) is 92.7 Å². The molecule has 1 heterocycles. The van der Waals surface area contributed by atoms with Crippen molar-refractivity contribution in [3.8, 4) is 0 Å². The van der Waals surface area contributed by atoms with E-state index < -0.39 is 6.10 Å². The maximum Gasteiger partial charge on any atom is 0.254 e. The summed E-state index contributed by atoms with van der Waals surface area (Å²) in [4.78, 5) is 46.5. The zero-order valence-electron chi connectivity index (χ0n) is 28.7. The molecule has 8 heteroatoms. The Hall–Kier alpha value is -3.36. The normalized spacial score (nSPS) is 14.0. The van der Waals surface area contributed by atoms with Crippen molar-refractivity contribution < 1.29 is 19.5 Å². The van der Waals surface area contributed by atoms with Crippen molar-refractivity contribution in [3.63, 3.8) is 0 Å². The number of hydrogen-bond acceptors (Lipinski definition) is 6. The number of nitrogens with one attached hydrogen (secondary N) is 1. The van der Waals surface area contributed by atoms with Crippen LogP contribution in [0, 0.1) is 37.5 Å². The van der Waals surface area contributed by atoms with Crippen LogP contribution >= 0.6 is 11.3 Å². The van der Waals surface area contributed by atoms with E-state index in [-0.39, 0.29) is 41.8 Å². The fourth-order valence-electron chi connectivity index (χ4n) is 6.01. The van der Waals surface area contributed by atoms with Crippen molar-refractivity contribution in [3.05, 3.63) is 86.9 Å². The summed E-state index contributed by atoms with van der Waals surface area (Å²) in [5, 5.41) is 17.5. The molecule has 1 aromatic heterocycles. The molecule has 2 aromatic carbocycles. The molecule has 3 aromatic rings. The summed E-state index contributed by atoms with van der Waals surface area (Å²) in [5.74, 6) is -0.221. The molecule has 46 heavy (non-hydrogen) atoms. The van der Waals surface area contributed by atoms with Crippen LogP contribution in [0.4, 0.5) is 0 Å². The Morgan fingerprint density at radius 2 is 1.67 bits per heavy atom. The van der Waals surface area contributed by atoms with Crippen LogP contribution in [0.5, 0.6) is 0 Å². The van der Waals surface area contributed by atoms with E-state index in [1.54, 1.807) is 24.1 Å². The Labute approximate surface area is 279 Å². The lowest BCUT2D eigenvalue weighted by Crippen LogP contribution is -2.37. The number of amides is 2. The predicted octanol–water partition coefficient (Wildman–Crippen LogP) is 7.43. The van der Waals surface area contributed by atoms with Gasteiger partial charge in [-0.3, -0.25) is 14.4 Å². The predicted molar refractivity (Wildman–Crippen MR) is 187 cm³/mol. The van der Waals surface area contributed by atoms with Gasteiger partial charge in [-0.2, -0.15) is 0 Å². The van der Waals surface area contributed by atoms with Gasteiger partial charge in [-0.1, -0.05) is 70.9 Å². The smallest absolute Gasteiger partial charge is 0.254 e.